The van der Waals surface area contributed by atoms with Crippen molar-refractivity contribution in [2.75, 3.05) is 6.54 Å². The minimum Gasteiger partial charge on any atom is -0.393 e. The lowest BCUT2D eigenvalue weighted by molar-refractivity contribution is 0.177. The first kappa shape index (κ1) is 10.6. The molecule has 5 heteroatoms. The largest absolute Gasteiger partial charge is 0.393 e. The molecule has 0 spiro atoms. The number of nitrogens with zero attached hydrogens (tertiary/aromatic N) is 3. The van der Waals surface area contributed by atoms with Crippen molar-refractivity contribution >= 4 is 0 Å². The van der Waals surface area contributed by atoms with E-state index in [0.29, 0.717) is 5.92 Å². The Kier molecular flexibility index (Phi) is 3.33. The maximum atomic E-state index is 9.37. The first-order chi connectivity index (χ1) is 7.25. The number of aromatic nitrogens is 3. The predicted molar refractivity (Wildman–Crippen MR) is 56.1 cm³/mol. The second-order valence-electron chi connectivity index (χ2n) is 4.32. The van der Waals surface area contributed by atoms with Crippen molar-refractivity contribution in [2.45, 2.75) is 31.9 Å². The zero-order chi connectivity index (χ0) is 10.7. The third-order valence-corrected chi connectivity index (χ3v) is 3.03. The average molecular weight is 210 g/mol. The normalized spacial score (nSPS) is 26.0. The van der Waals surface area contributed by atoms with E-state index in [1.54, 1.807) is 6.33 Å². The maximum absolute atomic E-state index is 9.37. The van der Waals surface area contributed by atoms with Crippen LogP contribution in [0.15, 0.2) is 6.33 Å². The summed E-state index contributed by atoms with van der Waals surface area (Å²) in [5, 5.41) is 20.5. The molecule has 0 bridgehead atoms. The van der Waals surface area contributed by atoms with Crippen LogP contribution in [0.2, 0.25) is 0 Å². The fourth-order valence-electron chi connectivity index (χ4n) is 2.09. The SMILES string of the molecule is Cn1cnnc1CNCC1CCC(O)C1. The molecule has 15 heavy (non-hydrogen) atoms. The molecule has 2 unspecified atom stereocenters. The van der Waals surface area contributed by atoms with E-state index in [2.05, 4.69) is 15.5 Å². The molecule has 1 aromatic heterocycles. The molecule has 2 atom stereocenters. The van der Waals surface area contributed by atoms with Crippen LogP contribution in [-0.2, 0) is 13.6 Å². The van der Waals surface area contributed by atoms with Crippen LogP contribution in [0.1, 0.15) is 25.1 Å². The lowest BCUT2D eigenvalue weighted by Crippen LogP contribution is -2.22. The van der Waals surface area contributed by atoms with Gasteiger partial charge in [0.2, 0.25) is 0 Å². The van der Waals surface area contributed by atoms with Crippen LogP contribution >= 0.6 is 0 Å². The maximum Gasteiger partial charge on any atom is 0.146 e. The zero-order valence-corrected chi connectivity index (χ0v) is 9.06. The summed E-state index contributed by atoms with van der Waals surface area (Å²) in [4.78, 5) is 0. The Hall–Kier alpha value is -0.940. The summed E-state index contributed by atoms with van der Waals surface area (Å²) in [6.45, 7) is 1.72. The van der Waals surface area contributed by atoms with Crippen molar-refractivity contribution < 1.29 is 5.11 Å². The Morgan fingerprint density at radius 3 is 3.07 bits per heavy atom. The summed E-state index contributed by atoms with van der Waals surface area (Å²) >= 11 is 0. The molecule has 0 aliphatic heterocycles. The Labute approximate surface area is 89.5 Å². The van der Waals surface area contributed by atoms with Crippen molar-refractivity contribution in [1.29, 1.82) is 0 Å². The highest BCUT2D eigenvalue weighted by Crippen LogP contribution is 2.24. The fourth-order valence-corrected chi connectivity index (χ4v) is 2.09. The molecule has 1 fully saturated rings. The van der Waals surface area contributed by atoms with Crippen LogP contribution in [0.4, 0.5) is 0 Å². The molecule has 1 saturated carbocycles. The molecule has 1 aliphatic carbocycles. The number of rotatable bonds is 4. The molecule has 0 saturated heterocycles. The van der Waals surface area contributed by atoms with E-state index in [1.807, 2.05) is 11.6 Å². The number of aliphatic hydroxyl groups is 1. The Morgan fingerprint density at radius 2 is 2.47 bits per heavy atom. The molecule has 1 heterocycles. The highest BCUT2D eigenvalue weighted by atomic mass is 16.3. The molecule has 5 nitrogen and oxygen atoms in total. The van der Waals surface area contributed by atoms with Crippen LogP contribution in [-0.4, -0.2) is 32.5 Å². The van der Waals surface area contributed by atoms with Crippen LogP contribution < -0.4 is 5.32 Å². The van der Waals surface area contributed by atoms with Crippen molar-refractivity contribution in [3.63, 3.8) is 0 Å². The second kappa shape index (κ2) is 4.72. The Bertz CT molecular complexity index is 312. The third kappa shape index (κ3) is 2.76. The highest BCUT2D eigenvalue weighted by molar-refractivity contribution is 4.84. The van der Waals surface area contributed by atoms with Gasteiger partial charge in [0.25, 0.3) is 0 Å². The van der Waals surface area contributed by atoms with E-state index in [1.165, 1.54) is 0 Å². The Balaban J connectivity index is 1.69. The molecule has 84 valence electrons. The quantitative estimate of drug-likeness (QED) is 0.738. The van der Waals surface area contributed by atoms with Gasteiger partial charge in [-0.15, -0.1) is 10.2 Å². The van der Waals surface area contributed by atoms with Crippen molar-refractivity contribution in [2.24, 2.45) is 13.0 Å². The Morgan fingerprint density at radius 1 is 1.60 bits per heavy atom. The van der Waals surface area contributed by atoms with Crippen molar-refractivity contribution in [3.05, 3.63) is 12.2 Å². The number of aryl methyl sites for hydroxylation is 1. The minimum atomic E-state index is -0.0772. The van der Waals surface area contributed by atoms with E-state index in [-0.39, 0.29) is 6.10 Å². The smallest absolute Gasteiger partial charge is 0.146 e. The third-order valence-electron chi connectivity index (χ3n) is 3.03. The molecule has 0 radical (unpaired) electrons. The van der Waals surface area contributed by atoms with Crippen molar-refractivity contribution in [1.82, 2.24) is 20.1 Å². The van der Waals surface area contributed by atoms with Crippen LogP contribution in [0.3, 0.4) is 0 Å². The summed E-state index contributed by atoms with van der Waals surface area (Å²) in [5.74, 6) is 1.57. The van der Waals surface area contributed by atoms with Gasteiger partial charge in [-0.05, 0) is 31.7 Å². The van der Waals surface area contributed by atoms with E-state index in [0.717, 1.165) is 38.2 Å². The minimum absolute atomic E-state index is 0.0772. The van der Waals surface area contributed by atoms with Gasteiger partial charge in [0.15, 0.2) is 0 Å². The fraction of sp³-hybridized carbons (Fsp3) is 0.800. The summed E-state index contributed by atoms with van der Waals surface area (Å²) in [6.07, 6.45) is 4.65. The lowest BCUT2D eigenvalue weighted by Gasteiger charge is -2.10. The molecule has 0 amide bonds. The van der Waals surface area contributed by atoms with Gasteiger partial charge in [-0.1, -0.05) is 0 Å². The van der Waals surface area contributed by atoms with Gasteiger partial charge in [-0.2, -0.15) is 0 Å². The number of hydrogen-bond acceptors (Lipinski definition) is 4. The molecular weight excluding hydrogens is 192 g/mol. The lowest BCUT2D eigenvalue weighted by atomic mass is 10.1. The van der Waals surface area contributed by atoms with E-state index in [9.17, 15) is 5.11 Å². The monoisotopic (exact) mass is 210 g/mol. The van der Waals surface area contributed by atoms with Crippen molar-refractivity contribution in [3.8, 4) is 0 Å². The molecular formula is C10H18N4O. The molecule has 0 aromatic carbocycles. The molecule has 1 aliphatic rings. The van der Waals surface area contributed by atoms with Crippen LogP contribution in [0.5, 0.6) is 0 Å². The van der Waals surface area contributed by atoms with Gasteiger partial charge in [0, 0.05) is 7.05 Å². The second-order valence-corrected chi connectivity index (χ2v) is 4.32. The van der Waals surface area contributed by atoms with Gasteiger partial charge in [0.1, 0.15) is 12.2 Å². The zero-order valence-electron chi connectivity index (χ0n) is 9.06. The van der Waals surface area contributed by atoms with Gasteiger partial charge in [-0.3, -0.25) is 0 Å². The van der Waals surface area contributed by atoms with Crippen LogP contribution in [0, 0.1) is 5.92 Å². The first-order valence-electron chi connectivity index (χ1n) is 5.47. The van der Waals surface area contributed by atoms with Gasteiger partial charge in [0.05, 0.1) is 12.6 Å². The molecule has 2 N–H and O–H groups in total. The number of nitrogens with one attached hydrogen (secondary N) is 1. The summed E-state index contributed by atoms with van der Waals surface area (Å²) < 4.78 is 1.91. The summed E-state index contributed by atoms with van der Waals surface area (Å²) in [6, 6.07) is 0. The predicted octanol–water partition coefficient (Wildman–Crippen LogP) is 0.0657. The topological polar surface area (TPSA) is 63.0 Å². The first-order valence-corrected chi connectivity index (χ1v) is 5.47. The van der Waals surface area contributed by atoms with E-state index in [4.69, 9.17) is 0 Å². The van der Waals surface area contributed by atoms with E-state index >= 15 is 0 Å². The standard InChI is InChI=1S/C10H18N4O/c1-14-7-12-13-10(14)6-11-5-8-2-3-9(15)4-8/h7-9,11,15H,2-6H2,1H3. The number of hydrogen-bond donors (Lipinski definition) is 2. The average Bonchev–Trinajstić information content (AvgIpc) is 2.77. The van der Waals surface area contributed by atoms with Gasteiger partial charge < -0.3 is 15.0 Å². The van der Waals surface area contributed by atoms with Gasteiger partial charge in [-0.25, -0.2) is 0 Å². The highest BCUT2D eigenvalue weighted by Gasteiger charge is 2.22. The number of aliphatic hydroxyl groups excluding tert-OH is 1. The van der Waals surface area contributed by atoms with Crippen LogP contribution in [0.25, 0.3) is 0 Å². The molecule has 1 aromatic rings. The summed E-state index contributed by atoms with van der Waals surface area (Å²) in [5.41, 5.74) is 0. The molecule has 2 rings (SSSR count). The summed E-state index contributed by atoms with van der Waals surface area (Å²) in [7, 11) is 1.94. The van der Waals surface area contributed by atoms with Gasteiger partial charge >= 0.3 is 0 Å². The van der Waals surface area contributed by atoms with E-state index < -0.39 is 0 Å².